The Balaban J connectivity index is 2.29. The number of hydrogen-bond acceptors (Lipinski definition) is 2. The SMILES string of the molecule is CCC1CCCN(S(=O)(=O)c2ccccc2F)C1. The van der Waals surface area contributed by atoms with Crippen LogP contribution in [-0.4, -0.2) is 25.8 Å². The third-order valence-electron chi connectivity index (χ3n) is 3.51. The second-order valence-electron chi connectivity index (χ2n) is 4.71. The molecule has 0 N–H and O–H groups in total. The van der Waals surface area contributed by atoms with Gasteiger partial charge in [-0.3, -0.25) is 0 Å². The summed E-state index contributed by atoms with van der Waals surface area (Å²) in [5.41, 5.74) is 0. The molecule has 1 atom stereocenters. The van der Waals surface area contributed by atoms with Crippen LogP contribution in [0.3, 0.4) is 0 Å². The molecule has 0 radical (unpaired) electrons. The van der Waals surface area contributed by atoms with Crippen molar-refractivity contribution in [2.24, 2.45) is 5.92 Å². The van der Waals surface area contributed by atoms with Gasteiger partial charge in [0.2, 0.25) is 10.0 Å². The lowest BCUT2D eigenvalue weighted by Gasteiger charge is -2.31. The molecule has 0 spiro atoms. The van der Waals surface area contributed by atoms with Crippen LogP contribution in [0, 0.1) is 11.7 Å². The Labute approximate surface area is 108 Å². The maximum atomic E-state index is 13.6. The molecule has 5 heteroatoms. The van der Waals surface area contributed by atoms with Crippen molar-refractivity contribution in [1.29, 1.82) is 0 Å². The Bertz CT molecular complexity index is 515. The molecule has 3 nitrogen and oxygen atoms in total. The zero-order valence-corrected chi connectivity index (χ0v) is 11.3. The summed E-state index contributed by atoms with van der Waals surface area (Å²) in [6.07, 6.45) is 2.87. The molecule has 100 valence electrons. The maximum Gasteiger partial charge on any atom is 0.245 e. The van der Waals surface area contributed by atoms with E-state index in [0.29, 0.717) is 19.0 Å². The molecule has 0 aliphatic carbocycles. The molecule has 1 saturated heterocycles. The molecule has 1 fully saturated rings. The molecule has 2 rings (SSSR count). The highest BCUT2D eigenvalue weighted by molar-refractivity contribution is 7.89. The Kier molecular flexibility index (Phi) is 4.02. The Morgan fingerprint density at radius 3 is 2.78 bits per heavy atom. The summed E-state index contributed by atoms with van der Waals surface area (Å²) in [6, 6.07) is 5.57. The fraction of sp³-hybridized carbons (Fsp3) is 0.538. The monoisotopic (exact) mass is 271 g/mol. The first-order valence-corrected chi connectivity index (χ1v) is 7.74. The van der Waals surface area contributed by atoms with Gasteiger partial charge in [0.25, 0.3) is 0 Å². The third kappa shape index (κ3) is 2.57. The predicted octanol–water partition coefficient (Wildman–Crippen LogP) is 2.64. The van der Waals surface area contributed by atoms with Crippen molar-refractivity contribution in [3.63, 3.8) is 0 Å². The number of sulfonamides is 1. The van der Waals surface area contributed by atoms with Crippen molar-refractivity contribution < 1.29 is 12.8 Å². The molecule has 0 aromatic heterocycles. The zero-order valence-electron chi connectivity index (χ0n) is 10.5. The first-order chi connectivity index (χ1) is 8.55. The average molecular weight is 271 g/mol. The lowest BCUT2D eigenvalue weighted by Crippen LogP contribution is -2.40. The van der Waals surface area contributed by atoms with Crippen LogP contribution in [0.2, 0.25) is 0 Å². The van der Waals surface area contributed by atoms with E-state index in [1.165, 1.54) is 22.5 Å². The first kappa shape index (κ1) is 13.5. The van der Waals surface area contributed by atoms with Crippen LogP contribution in [0.1, 0.15) is 26.2 Å². The van der Waals surface area contributed by atoms with Crippen LogP contribution in [-0.2, 0) is 10.0 Å². The summed E-state index contributed by atoms with van der Waals surface area (Å²) in [7, 11) is -3.68. The second-order valence-corrected chi connectivity index (χ2v) is 6.62. The van der Waals surface area contributed by atoms with Gasteiger partial charge in [-0.15, -0.1) is 0 Å². The molecule has 1 heterocycles. The minimum atomic E-state index is -3.68. The first-order valence-electron chi connectivity index (χ1n) is 6.30. The Hall–Kier alpha value is -0.940. The molecular formula is C13H18FNO2S. The third-order valence-corrected chi connectivity index (χ3v) is 5.41. The normalized spacial score (nSPS) is 22.0. The van der Waals surface area contributed by atoms with Gasteiger partial charge in [-0.25, -0.2) is 12.8 Å². The van der Waals surface area contributed by atoms with Crippen molar-refractivity contribution in [2.75, 3.05) is 13.1 Å². The van der Waals surface area contributed by atoms with E-state index < -0.39 is 15.8 Å². The molecular weight excluding hydrogens is 253 g/mol. The van der Waals surface area contributed by atoms with E-state index in [0.717, 1.165) is 19.3 Å². The number of halogens is 1. The molecule has 1 aromatic rings. The van der Waals surface area contributed by atoms with Crippen molar-refractivity contribution >= 4 is 10.0 Å². The van der Waals surface area contributed by atoms with Crippen molar-refractivity contribution in [3.8, 4) is 0 Å². The summed E-state index contributed by atoms with van der Waals surface area (Å²) in [4.78, 5) is -0.207. The highest BCUT2D eigenvalue weighted by Gasteiger charge is 2.31. The molecule has 0 amide bonds. The molecule has 1 aliphatic rings. The number of piperidine rings is 1. The van der Waals surface area contributed by atoms with Gasteiger partial charge in [0.1, 0.15) is 10.7 Å². The molecule has 1 aromatic carbocycles. The smallest absolute Gasteiger partial charge is 0.207 e. The van der Waals surface area contributed by atoms with E-state index in [2.05, 4.69) is 6.92 Å². The molecule has 0 bridgehead atoms. The van der Waals surface area contributed by atoms with E-state index in [1.54, 1.807) is 6.07 Å². The van der Waals surface area contributed by atoms with Gasteiger partial charge in [-0.1, -0.05) is 25.5 Å². The van der Waals surface area contributed by atoms with Crippen LogP contribution in [0.25, 0.3) is 0 Å². The summed E-state index contributed by atoms with van der Waals surface area (Å²) < 4.78 is 39.7. The van der Waals surface area contributed by atoms with Crippen LogP contribution >= 0.6 is 0 Å². The Morgan fingerprint density at radius 2 is 2.11 bits per heavy atom. The number of nitrogens with zero attached hydrogens (tertiary/aromatic N) is 1. The minimum absolute atomic E-state index is 0.207. The Morgan fingerprint density at radius 1 is 1.39 bits per heavy atom. The van der Waals surface area contributed by atoms with Crippen molar-refractivity contribution in [1.82, 2.24) is 4.31 Å². The highest BCUT2D eigenvalue weighted by Crippen LogP contribution is 2.26. The fourth-order valence-electron chi connectivity index (χ4n) is 2.37. The van der Waals surface area contributed by atoms with Gasteiger partial charge in [0.05, 0.1) is 0 Å². The van der Waals surface area contributed by atoms with E-state index in [9.17, 15) is 12.8 Å². The average Bonchev–Trinajstić information content (AvgIpc) is 2.39. The quantitative estimate of drug-likeness (QED) is 0.847. The molecule has 1 unspecified atom stereocenters. The lowest BCUT2D eigenvalue weighted by atomic mass is 9.97. The fourth-order valence-corrected chi connectivity index (χ4v) is 3.99. The largest absolute Gasteiger partial charge is 0.245 e. The topological polar surface area (TPSA) is 37.4 Å². The predicted molar refractivity (Wildman–Crippen MR) is 68.2 cm³/mol. The maximum absolute atomic E-state index is 13.6. The number of rotatable bonds is 3. The zero-order chi connectivity index (χ0) is 13.2. The van der Waals surface area contributed by atoms with Gasteiger partial charge in [-0.05, 0) is 30.9 Å². The van der Waals surface area contributed by atoms with Gasteiger partial charge < -0.3 is 0 Å². The highest BCUT2D eigenvalue weighted by atomic mass is 32.2. The number of hydrogen-bond donors (Lipinski definition) is 0. The van der Waals surface area contributed by atoms with Gasteiger partial charge in [0.15, 0.2) is 0 Å². The molecule has 18 heavy (non-hydrogen) atoms. The van der Waals surface area contributed by atoms with Crippen LogP contribution in [0.5, 0.6) is 0 Å². The van der Waals surface area contributed by atoms with Crippen LogP contribution in [0.15, 0.2) is 29.2 Å². The second kappa shape index (κ2) is 5.36. The lowest BCUT2D eigenvalue weighted by molar-refractivity contribution is 0.261. The summed E-state index contributed by atoms with van der Waals surface area (Å²) in [5, 5.41) is 0. The van der Waals surface area contributed by atoms with E-state index in [4.69, 9.17) is 0 Å². The van der Waals surface area contributed by atoms with Crippen LogP contribution in [0.4, 0.5) is 4.39 Å². The van der Waals surface area contributed by atoms with Gasteiger partial charge in [-0.2, -0.15) is 4.31 Å². The molecule has 0 saturated carbocycles. The van der Waals surface area contributed by atoms with Crippen LogP contribution < -0.4 is 0 Å². The van der Waals surface area contributed by atoms with Crippen molar-refractivity contribution in [3.05, 3.63) is 30.1 Å². The van der Waals surface area contributed by atoms with Gasteiger partial charge in [0, 0.05) is 13.1 Å². The van der Waals surface area contributed by atoms with E-state index in [-0.39, 0.29) is 4.90 Å². The van der Waals surface area contributed by atoms with Gasteiger partial charge >= 0.3 is 0 Å². The summed E-state index contributed by atoms with van der Waals surface area (Å²) >= 11 is 0. The van der Waals surface area contributed by atoms with Crippen molar-refractivity contribution in [2.45, 2.75) is 31.1 Å². The summed E-state index contributed by atoms with van der Waals surface area (Å²) in [5.74, 6) is -0.281. The van der Waals surface area contributed by atoms with E-state index >= 15 is 0 Å². The minimum Gasteiger partial charge on any atom is -0.207 e. The standard InChI is InChI=1S/C13H18FNO2S/c1-2-11-6-5-9-15(10-11)18(16,17)13-8-4-3-7-12(13)14/h3-4,7-8,11H,2,5-6,9-10H2,1H3. The number of benzene rings is 1. The van der Waals surface area contributed by atoms with E-state index in [1.807, 2.05) is 0 Å². The molecule has 1 aliphatic heterocycles. The summed E-state index contributed by atoms with van der Waals surface area (Å²) in [6.45, 7) is 3.06.